The molecule has 1 aromatic heterocycles. The first-order valence-electron chi connectivity index (χ1n) is 12.2. The number of nitrogens with one attached hydrogen (secondary N) is 1. The van der Waals surface area contributed by atoms with Gasteiger partial charge in [-0.3, -0.25) is 4.79 Å². The number of aromatic nitrogens is 1. The molecule has 1 aliphatic rings. The molecule has 1 aliphatic carbocycles. The Morgan fingerprint density at radius 2 is 1.89 bits per heavy atom. The van der Waals surface area contributed by atoms with E-state index in [1.807, 2.05) is 67.6 Å². The van der Waals surface area contributed by atoms with Crippen LogP contribution >= 0.6 is 0 Å². The molecule has 1 fully saturated rings. The summed E-state index contributed by atoms with van der Waals surface area (Å²) in [7, 11) is 0. The number of aryl methyl sites for hydroxylation is 1. The van der Waals surface area contributed by atoms with Gasteiger partial charge in [0, 0.05) is 18.6 Å². The Hall–Kier alpha value is -3.80. The number of amides is 1. The summed E-state index contributed by atoms with van der Waals surface area (Å²) in [5.41, 5.74) is 4.47. The molecule has 1 N–H and O–H groups in total. The van der Waals surface area contributed by atoms with Crippen molar-refractivity contribution in [2.75, 3.05) is 6.61 Å². The van der Waals surface area contributed by atoms with E-state index < -0.39 is 0 Å². The minimum Gasteiger partial charge on any atom is -0.493 e. The number of fused-ring (bicyclic) bond motifs is 1. The zero-order valence-corrected chi connectivity index (χ0v) is 20.3. The van der Waals surface area contributed by atoms with Crippen LogP contribution in [0.25, 0.3) is 22.6 Å². The molecule has 1 saturated carbocycles. The minimum atomic E-state index is -0.106. The normalized spacial score (nSPS) is 14.0. The average Bonchev–Trinajstić information content (AvgIpc) is 3.58. The van der Waals surface area contributed by atoms with Gasteiger partial charge in [-0.05, 0) is 85.7 Å². The van der Waals surface area contributed by atoms with Crippen LogP contribution in [-0.2, 0) is 11.2 Å². The van der Waals surface area contributed by atoms with E-state index in [1.54, 1.807) is 0 Å². The number of nitrogens with zero attached hydrogens (tertiary/aromatic N) is 1. The largest absolute Gasteiger partial charge is 0.493 e. The summed E-state index contributed by atoms with van der Waals surface area (Å²) in [6.07, 6.45) is 3.33. The monoisotopic (exact) mass is 470 g/mol. The highest BCUT2D eigenvalue weighted by Gasteiger charge is 2.22. The van der Waals surface area contributed by atoms with Gasteiger partial charge in [-0.2, -0.15) is 0 Å². The predicted octanol–water partition coefficient (Wildman–Crippen LogP) is 6.84. The van der Waals surface area contributed by atoms with E-state index in [2.05, 4.69) is 12.2 Å². The van der Waals surface area contributed by atoms with Crippen LogP contribution in [0, 0.1) is 5.92 Å². The molecule has 0 aliphatic heterocycles. The summed E-state index contributed by atoms with van der Waals surface area (Å²) < 4.78 is 18.2. The lowest BCUT2D eigenvalue weighted by Crippen LogP contribution is -2.23. The van der Waals surface area contributed by atoms with Crippen molar-refractivity contribution in [1.29, 1.82) is 0 Å². The molecule has 6 heteroatoms. The maximum atomic E-state index is 11.4. The molecule has 1 unspecified atom stereocenters. The third-order valence-electron chi connectivity index (χ3n) is 6.24. The van der Waals surface area contributed by atoms with Crippen molar-refractivity contribution in [1.82, 2.24) is 10.3 Å². The van der Waals surface area contributed by atoms with Crippen molar-refractivity contribution in [3.05, 3.63) is 71.8 Å². The second kappa shape index (κ2) is 9.82. The highest BCUT2D eigenvalue weighted by molar-refractivity contribution is 5.78. The Kier molecular flexibility index (Phi) is 6.45. The Balaban J connectivity index is 1.36. The molecule has 1 heterocycles. The summed E-state index contributed by atoms with van der Waals surface area (Å²) in [4.78, 5) is 16.1. The number of carbonyl (C=O) groups is 1. The summed E-state index contributed by atoms with van der Waals surface area (Å²) in [6, 6.07) is 19.5. The fourth-order valence-corrected chi connectivity index (χ4v) is 4.11. The van der Waals surface area contributed by atoms with Crippen LogP contribution in [0.2, 0.25) is 0 Å². The summed E-state index contributed by atoms with van der Waals surface area (Å²) in [5.74, 6) is 3.55. The van der Waals surface area contributed by atoms with Gasteiger partial charge in [0.25, 0.3) is 0 Å². The fourth-order valence-electron chi connectivity index (χ4n) is 4.11. The van der Waals surface area contributed by atoms with Crippen molar-refractivity contribution in [2.24, 2.45) is 5.92 Å². The van der Waals surface area contributed by atoms with Crippen LogP contribution in [0.4, 0.5) is 0 Å². The minimum absolute atomic E-state index is 0.0664. The lowest BCUT2D eigenvalue weighted by molar-refractivity contribution is -0.119. The van der Waals surface area contributed by atoms with Crippen molar-refractivity contribution < 1.29 is 18.7 Å². The van der Waals surface area contributed by atoms with E-state index >= 15 is 0 Å². The van der Waals surface area contributed by atoms with E-state index in [-0.39, 0.29) is 11.9 Å². The van der Waals surface area contributed by atoms with Crippen molar-refractivity contribution in [3.8, 4) is 28.7 Å². The van der Waals surface area contributed by atoms with Gasteiger partial charge in [0.2, 0.25) is 11.8 Å². The summed E-state index contributed by atoms with van der Waals surface area (Å²) >= 11 is 0. The third-order valence-corrected chi connectivity index (χ3v) is 6.24. The fraction of sp³-hybridized carbons (Fsp3) is 0.310. The first-order chi connectivity index (χ1) is 17.0. The first-order valence-corrected chi connectivity index (χ1v) is 12.2. The van der Waals surface area contributed by atoms with E-state index in [9.17, 15) is 4.79 Å². The Bertz CT molecular complexity index is 1360. The summed E-state index contributed by atoms with van der Waals surface area (Å²) in [5, 5.41) is 2.90. The van der Waals surface area contributed by atoms with Gasteiger partial charge in [0.15, 0.2) is 5.58 Å². The molecular formula is C29H30N2O4. The van der Waals surface area contributed by atoms with Gasteiger partial charge in [0.05, 0.1) is 12.6 Å². The molecule has 0 saturated heterocycles. The van der Waals surface area contributed by atoms with Crippen LogP contribution < -0.4 is 14.8 Å². The van der Waals surface area contributed by atoms with Gasteiger partial charge in [-0.15, -0.1) is 0 Å². The van der Waals surface area contributed by atoms with E-state index in [1.165, 1.54) is 19.8 Å². The van der Waals surface area contributed by atoms with Crippen LogP contribution in [0.3, 0.4) is 0 Å². The predicted molar refractivity (Wildman–Crippen MR) is 136 cm³/mol. The first kappa shape index (κ1) is 23.0. The maximum absolute atomic E-state index is 11.4. The lowest BCUT2D eigenvalue weighted by atomic mass is 10.0. The third kappa shape index (κ3) is 5.48. The Labute approximate surface area is 205 Å². The lowest BCUT2D eigenvalue weighted by Gasteiger charge is -2.12. The number of carbonyl (C=O) groups excluding carboxylic acids is 1. The molecule has 180 valence electrons. The van der Waals surface area contributed by atoms with Crippen LogP contribution in [0.5, 0.6) is 17.2 Å². The number of rotatable bonds is 9. The van der Waals surface area contributed by atoms with Gasteiger partial charge in [0.1, 0.15) is 22.8 Å². The Morgan fingerprint density at radius 3 is 2.66 bits per heavy atom. The second-order valence-corrected chi connectivity index (χ2v) is 9.17. The molecule has 0 spiro atoms. The SMILES string of the molecule is CCc1cc(Oc2cccc(OCC3CC3)c2)ccc1-c1nc2ccc(C(C)NC(C)=O)cc2o1. The summed E-state index contributed by atoms with van der Waals surface area (Å²) in [6.45, 7) is 6.34. The Morgan fingerprint density at radius 1 is 1.09 bits per heavy atom. The standard InChI is InChI=1S/C29H30N2O4/c1-4-21-14-25(34-24-7-5-6-23(16-24)33-17-20-8-9-20)11-12-26(21)29-31-27-13-10-22(15-28(27)35-29)18(2)30-19(3)32/h5-7,10-16,18,20H,4,8-9,17H2,1-3H3,(H,30,32). The zero-order valence-electron chi connectivity index (χ0n) is 20.3. The van der Waals surface area contributed by atoms with Crippen LogP contribution in [0.15, 0.2) is 65.1 Å². The van der Waals surface area contributed by atoms with Crippen molar-refractivity contribution >= 4 is 17.0 Å². The quantitative estimate of drug-likeness (QED) is 0.290. The van der Waals surface area contributed by atoms with E-state index in [4.69, 9.17) is 18.9 Å². The smallest absolute Gasteiger partial charge is 0.227 e. The molecule has 0 radical (unpaired) electrons. The number of hydrogen-bond acceptors (Lipinski definition) is 5. The van der Waals surface area contributed by atoms with Gasteiger partial charge in [-0.25, -0.2) is 4.98 Å². The second-order valence-electron chi connectivity index (χ2n) is 9.17. The highest BCUT2D eigenvalue weighted by Crippen LogP contribution is 2.34. The molecule has 6 nitrogen and oxygen atoms in total. The molecule has 4 aromatic rings. The molecule has 1 atom stereocenters. The topological polar surface area (TPSA) is 73.6 Å². The van der Waals surface area contributed by atoms with Crippen LogP contribution in [0.1, 0.15) is 50.8 Å². The van der Waals surface area contributed by atoms with Crippen LogP contribution in [-0.4, -0.2) is 17.5 Å². The van der Waals surface area contributed by atoms with Crippen molar-refractivity contribution in [2.45, 2.75) is 46.1 Å². The number of ether oxygens (including phenoxy) is 2. The van der Waals surface area contributed by atoms with Crippen molar-refractivity contribution in [3.63, 3.8) is 0 Å². The van der Waals surface area contributed by atoms with Gasteiger partial charge in [-0.1, -0.05) is 19.1 Å². The molecule has 3 aromatic carbocycles. The van der Waals surface area contributed by atoms with Gasteiger partial charge < -0.3 is 19.2 Å². The molecule has 0 bridgehead atoms. The highest BCUT2D eigenvalue weighted by atomic mass is 16.5. The maximum Gasteiger partial charge on any atom is 0.227 e. The van der Waals surface area contributed by atoms with E-state index in [0.717, 1.165) is 52.5 Å². The van der Waals surface area contributed by atoms with Gasteiger partial charge >= 0.3 is 0 Å². The molecule has 35 heavy (non-hydrogen) atoms. The molecule has 5 rings (SSSR count). The number of benzene rings is 3. The molecule has 1 amide bonds. The molecular weight excluding hydrogens is 440 g/mol. The number of oxazole rings is 1. The zero-order chi connectivity index (χ0) is 24.4. The average molecular weight is 471 g/mol. The number of hydrogen-bond donors (Lipinski definition) is 1. The van der Waals surface area contributed by atoms with E-state index in [0.29, 0.717) is 17.4 Å².